The molecule has 30 heavy (non-hydrogen) atoms. The van der Waals surface area contributed by atoms with Crippen LogP contribution in [0.15, 0.2) is 42.5 Å². The molecule has 1 amide bonds. The number of ether oxygens (including phenoxy) is 1. The molecule has 0 unspecified atom stereocenters. The molecule has 1 aliphatic rings. The monoisotopic (exact) mass is 425 g/mol. The SMILES string of the molecule is COC(=O)CCc1nc2cc(C(=O)N3CCCCC3)ccc2n1-c1cccc(Cl)c1. The Labute approximate surface area is 180 Å². The van der Waals surface area contributed by atoms with E-state index in [1.165, 1.54) is 13.5 Å². The normalized spacial score (nSPS) is 14.1. The fourth-order valence-electron chi connectivity index (χ4n) is 3.93. The molecule has 3 aromatic rings. The van der Waals surface area contributed by atoms with Gasteiger partial charge in [-0.15, -0.1) is 0 Å². The number of halogens is 1. The van der Waals surface area contributed by atoms with Crippen molar-refractivity contribution in [2.24, 2.45) is 0 Å². The predicted molar refractivity (Wildman–Crippen MR) is 116 cm³/mol. The maximum Gasteiger partial charge on any atom is 0.305 e. The van der Waals surface area contributed by atoms with Crippen molar-refractivity contribution in [2.75, 3.05) is 20.2 Å². The van der Waals surface area contributed by atoms with Gasteiger partial charge in [-0.3, -0.25) is 14.2 Å². The molecular weight excluding hydrogens is 402 g/mol. The molecule has 0 spiro atoms. The van der Waals surface area contributed by atoms with Crippen molar-refractivity contribution in [1.82, 2.24) is 14.5 Å². The molecule has 0 radical (unpaired) electrons. The third-order valence-electron chi connectivity index (χ3n) is 5.46. The second-order valence-electron chi connectivity index (χ2n) is 7.48. The first-order chi connectivity index (χ1) is 14.6. The number of aromatic nitrogens is 2. The lowest BCUT2D eigenvalue weighted by Crippen LogP contribution is -2.35. The zero-order valence-corrected chi connectivity index (χ0v) is 17.7. The van der Waals surface area contributed by atoms with Gasteiger partial charge in [0.2, 0.25) is 0 Å². The zero-order valence-electron chi connectivity index (χ0n) is 16.9. The van der Waals surface area contributed by atoms with Gasteiger partial charge in [0.15, 0.2) is 0 Å². The van der Waals surface area contributed by atoms with Crippen molar-refractivity contribution in [2.45, 2.75) is 32.1 Å². The minimum atomic E-state index is -0.291. The first-order valence-electron chi connectivity index (χ1n) is 10.2. The predicted octanol–water partition coefficient (Wildman–Crippen LogP) is 4.41. The molecule has 6 nitrogen and oxygen atoms in total. The maximum absolute atomic E-state index is 12.9. The van der Waals surface area contributed by atoms with E-state index < -0.39 is 0 Å². The molecule has 1 aliphatic heterocycles. The molecule has 156 valence electrons. The number of likely N-dealkylation sites (tertiary alicyclic amines) is 1. The molecule has 0 N–H and O–H groups in total. The molecule has 2 heterocycles. The molecule has 0 aliphatic carbocycles. The van der Waals surface area contributed by atoms with Crippen LogP contribution < -0.4 is 0 Å². The number of esters is 1. The van der Waals surface area contributed by atoms with Crippen LogP contribution in [0.4, 0.5) is 0 Å². The number of amides is 1. The van der Waals surface area contributed by atoms with Crippen LogP contribution >= 0.6 is 11.6 Å². The van der Waals surface area contributed by atoms with Gasteiger partial charge in [0.05, 0.1) is 24.6 Å². The largest absolute Gasteiger partial charge is 0.469 e. The van der Waals surface area contributed by atoms with Crippen molar-refractivity contribution in [3.8, 4) is 5.69 Å². The van der Waals surface area contributed by atoms with Gasteiger partial charge in [-0.05, 0) is 55.7 Å². The molecule has 0 bridgehead atoms. The van der Waals surface area contributed by atoms with E-state index in [-0.39, 0.29) is 18.3 Å². The van der Waals surface area contributed by atoms with E-state index in [0.29, 0.717) is 17.0 Å². The van der Waals surface area contributed by atoms with E-state index in [9.17, 15) is 9.59 Å². The highest BCUT2D eigenvalue weighted by Gasteiger charge is 2.20. The van der Waals surface area contributed by atoms with Crippen LogP contribution in [-0.2, 0) is 16.0 Å². The molecule has 2 aromatic carbocycles. The number of nitrogens with zero attached hydrogens (tertiary/aromatic N) is 3. The number of methoxy groups -OCH3 is 1. The fourth-order valence-corrected chi connectivity index (χ4v) is 4.11. The van der Waals surface area contributed by atoms with E-state index in [2.05, 4.69) is 0 Å². The Kier molecular flexibility index (Phi) is 6.04. The summed E-state index contributed by atoms with van der Waals surface area (Å²) in [6, 6.07) is 13.1. The second-order valence-corrected chi connectivity index (χ2v) is 7.91. The molecule has 1 fully saturated rings. The van der Waals surface area contributed by atoms with Crippen LogP contribution in [0.1, 0.15) is 41.9 Å². The number of benzene rings is 2. The Morgan fingerprint density at radius 1 is 1.10 bits per heavy atom. The number of carbonyl (C=O) groups is 2. The Bertz CT molecular complexity index is 1090. The van der Waals surface area contributed by atoms with Gasteiger partial charge in [0, 0.05) is 35.8 Å². The molecule has 1 saturated heterocycles. The Morgan fingerprint density at radius 3 is 2.63 bits per heavy atom. The summed E-state index contributed by atoms with van der Waals surface area (Å²) in [5.41, 5.74) is 3.09. The van der Waals surface area contributed by atoms with E-state index in [4.69, 9.17) is 21.3 Å². The highest BCUT2D eigenvalue weighted by molar-refractivity contribution is 6.30. The number of aryl methyl sites for hydroxylation is 1. The van der Waals surface area contributed by atoms with Crippen LogP contribution in [0.5, 0.6) is 0 Å². The van der Waals surface area contributed by atoms with Gasteiger partial charge in [-0.25, -0.2) is 4.98 Å². The number of imidazole rings is 1. The van der Waals surface area contributed by atoms with E-state index in [1.54, 1.807) is 0 Å². The average Bonchev–Trinajstić information content (AvgIpc) is 3.15. The summed E-state index contributed by atoms with van der Waals surface area (Å²) >= 11 is 6.21. The lowest BCUT2D eigenvalue weighted by atomic mass is 10.1. The highest BCUT2D eigenvalue weighted by atomic mass is 35.5. The highest BCUT2D eigenvalue weighted by Crippen LogP contribution is 2.26. The number of fused-ring (bicyclic) bond motifs is 1. The minimum absolute atomic E-state index is 0.0463. The molecular formula is C23H24ClN3O3. The minimum Gasteiger partial charge on any atom is -0.469 e. The third-order valence-corrected chi connectivity index (χ3v) is 5.70. The molecule has 4 rings (SSSR count). The Balaban J connectivity index is 1.75. The molecule has 1 aromatic heterocycles. The van der Waals surface area contributed by atoms with Crippen LogP contribution in [0.3, 0.4) is 0 Å². The zero-order chi connectivity index (χ0) is 21.1. The van der Waals surface area contributed by atoms with Gasteiger partial charge in [0.25, 0.3) is 5.91 Å². The van der Waals surface area contributed by atoms with Crippen LogP contribution in [-0.4, -0.2) is 46.5 Å². The third kappa shape index (κ3) is 4.19. The maximum atomic E-state index is 12.9. The smallest absolute Gasteiger partial charge is 0.305 e. The summed E-state index contributed by atoms with van der Waals surface area (Å²) < 4.78 is 6.77. The van der Waals surface area contributed by atoms with Gasteiger partial charge in [-0.1, -0.05) is 17.7 Å². The number of rotatable bonds is 5. The van der Waals surface area contributed by atoms with E-state index in [0.717, 1.165) is 48.5 Å². The lowest BCUT2D eigenvalue weighted by Gasteiger charge is -2.26. The fraction of sp³-hybridized carbons (Fsp3) is 0.348. The number of piperidine rings is 1. The second kappa shape index (κ2) is 8.88. The molecule has 7 heteroatoms. The number of carbonyl (C=O) groups excluding carboxylic acids is 2. The summed E-state index contributed by atoms with van der Waals surface area (Å²) in [5, 5.41) is 0.616. The standard InChI is InChI=1S/C23H24ClN3O3/c1-30-22(28)11-10-21-25-19-14-16(23(29)26-12-3-2-4-13-26)8-9-20(19)27(21)18-7-5-6-17(24)15-18/h5-9,14-15H,2-4,10-13H2,1H3. The quantitative estimate of drug-likeness (QED) is 0.568. The van der Waals surface area contributed by atoms with Crippen molar-refractivity contribution in [3.05, 3.63) is 58.9 Å². The van der Waals surface area contributed by atoms with E-state index >= 15 is 0 Å². The summed E-state index contributed by atoms with van der Waals surface area (Å²) in [7, 11) is 1.38. The number of hydrogen-bond donors (Lipinski definition) is 0. The van der Waals surface area contributed by atoms with E-state index in [1.807, 2.05) is 51.9 Å². The summed E-state index contributed by atoms with van der Waals surface area (Å²) in [5.74, 6) is 0.478. The van der Waals surface area contributed by atoms with Gasteiger partial charge >= 0.3 is 5.97 Å². The van der Waals surface area contributed by atoms with Crippen molar-refractivity contribution in [3.63, 3.8) is 0 Å². The lowest BCUT2D eigenvalue weighted by molar-refractivity contribution is -0.140. The molecule has 0 saturated carbocycles. The average molecular weight is 426 g/mol. The van der Waals surface area contributed by atoms with Gasteiger partial charge in [-0.2, -0.15) is 0 Å². The van der Waals surface area contributed by atoms with Gasteiger partial charge in [0.1, 0.15) is 5.82 Å². The van der Waals surface area contributed by atoms with Crippen LogP contribution in [0, 0.1) is 0 Å². The van der Waals surface area contributed by atoms with Crippen molar-refractivity contribution in [1.29, 1.82) is 0 Å². The van der Waals surface area contributed by atoms with Crippen LogP contribution in [0.25, 0.3) is 16.7 Å². The molecule has 0 atom stereocenters. The summed E-state index contributed by atoms with van der Waals surface area (Å²) in [6.45, 7) is 1.61. The first kappa shape index (κ1) is 20.4. The van der Waals surface area contributed by atoms with Crippen molar-refractivity contribution >= 4 is 34.5 Å². The Morgan fingerprint density at radius 2 is 1.90 bits per heavy atom. The summed E-state index contributed by atoms with van der Waals surface area (Å²) in [4.78, 5) is 31.3. The van der Waals surface area contributed by atoms with Gasteiger partial charge < -0.3 is 9.64 Å². The number of hydrogen-bond acceptors (Lipinski definition) is 4. The summed E-state index contributed by atoms with van der Waals surface area (Å²) in [6.07, 6.45) is 3.92. The van der Waals surface area contributed by atoms with Crippen molar-refractivity contribution < 1.29 is 14.3 Å². The first-order valence-corrected chi connectivity index (χ1v) is 10.6. The van der Waals surface area contributed by atoms with Crippen LogP contribution in [0.2, 0.25) is 5.02 Å². The topological polar surface area (TPSA) is 64.4 Å². The Hall–Kier alpha value is -2.86.